The van der Waals surface area contributed by atoms with Crippen LogP contribution in [0.4, 0.5) is 17.6 Å². The maximum atomic E-state index is 13.1. The predicted octanol–water partition coefficient (Wildman–Crippen LogP) is 1.54. The summed E-state index contributed by atoms with van der Waals surface area (Å²) >= 11 is 0. The summed E-state index contributed by atoms with van der Waals surface area (Å²) in [6, 6.07) is 0. The van der Waals surface area contributed by atoms with Gasteiger partial charge in [-0.3, -0.25) is 0 Å². The number of hydrogen-bond acceptors (Lipinski definition) is 3. The van der Waals surface area contributed by atoms with Gasteiger partial charge in [0.15, 0.2) is 5.82 Å². The zero-order valence-electron chi connectivity index (χ0n) is 8.50. The number of alkyl halides is 4. The fourth-order valence-corrected chi connectivity index (χ4v) is 1.26. The maximum Gasteiger partial charge on any atom is 0.365 e. The van der Waals surface area contributed by atoms with Crippen LogP contribution in [-0.2, 0) is 19.1 Å². The van der Waals surface area contributed by atoms with E-state index < -0.39 is 24.8 Å². The molecule has 0 bridgehead atoms. The number of aromatic nitrogens is 3. The van der Waals surface area contributed by atoms with E-state index in [1.54, 1.807) is 6.92 Å². The SMILES string of the molecule is CCCn1c(CO)nnc1C(F)(F)C(F)F. The van der Waals surface area contributed by atoms with E-state index in [2.05, 4.69) is 10.2 Å². The summed E-state index contributed by atoms with van der Waals surface area (Å²) in [5.41, 5.74) is 0. The van der Waals surface area contributed by atoms with E-state index in [4.69, 9.17) is 5.11 Å². The van der Waals surface area contributed by atoms with Gasteiger partial charge in [0.1, 0.15) is 6.61 Å². The van der Waals surface area contributed by atoms with Crippen molar-refractivity contribution in [2.45, 2.75) is 38.8 Å². The van der Waals surface area contributed by atoms with Crippen LogP contribution in [0.15, 0.2) is 0 Å². The molecular weight excluding hydrogens is 230 g/mol. The third-order valence-electron chi connectivity index (χ3n) is 1.99. The van der Waals surface area contributed by atoms with Crippen molar-refractivity contribution in [2.75, 3.05) is 0 Å². The van der Waals surface area contributed by atoms with Crippen molar-refractivity contribution < 1.29 is 22.7 Å². The Labute approximate surface area is 88.9 Å². The molecule has 0 spiro atoms. The first kappa shape index (κ1) is 12.9. The van der Waals surface area contributed by atoms with Gasteiger partial charge in [-0.15, -0.1) is 10.2 Å². The molecule has 4 nitrogen and oxygen atoms in total. The number of rotatable bonds is 5. The maximum absolute atomic E-state index is 13.1. The second kappa shape index (κ2) is 4.77. The van der Waals surface area contributed by atoms with Crippen molar-refractivity contribution in [3.05, 3.63) is 11.6 Å². The quantitative estimate of drug-likeness (QED) is 0.795. The molecule has 0 saturated heterocycles. The highest BCUT2D eigenvalue weighted by Crippen LogP contribution is 2.33. The number of aliphatic hydroxyl groups excluding tert-OH is 1. The largest absolute Gasteiger partial charge is 0.388 e. The van der Waals surface area contributed by atoms with E-state index in [1.165, 1.54) is 0 Å². The lowest BCUT2D eigenvalue weighted by Crippen LogP contribution is -2.28. The highest BCUT2D eigenvalue weighted by molar-refractivity contribution is 5.03. The zero-order valence-corrected chi connectivity index (χ0v) is 8.50. The lowest BCUT2D eigenvalue weighted by atomic mass is 10.3. The third-order valence-corrected chi connectivity index (χ3v) is 1.99. The van der Waals surface area contributed by atoms with Crippen molar-refractivity contribution in [3.8, 4) is 0 Å². The Morgan fingerprint density at radius 1 is 1.38 bits per heavy atom. The highest BCUT2D eigenvalue weighted by Gasteiger charge is 2.47. The summed E-state index contributed by atoms with van der Waals surface area (Å²) in [5.74, 6) is -5.60. The summed E-state index contributed by atoms with van der Waals surface area (Å²) in [5, 5.41) is 15.1. The molecule has 8 heteroatoms. The first-order valence-electron chi connectivity index (χ1n) is 4.64. The molecule has 0 aliphatic carbocycles. The molecule has 0 radical (unpaired) electrons. The molecule has 1 heterocycles. The van der Waals surface area contributed by atoms with Gasteiger partial charge < -0.3 is 9.67 Å². The average molecular weight is 241 g/mol. The van der Waals surface area contributed by atoms with Crippen LogP contribution in [-0.4, -0.2) is 26.3 Å². The predicted molar refractivity (Wildman–Crippen MR) is 46.1 cm³/mol. The highest BCUT2D eigenvalue weighted by atomic mass is 19.3. The van der Waals surface area contributed by atoms with Gasteiger partial charge >= 0.3 is 12.3 Å². The van der Waals surface area contributed by atoms with Crippen molar-refractivity contribution >= 4 is 0 Å². The van der Waals surface area contributed by atoms with Crippen LogP contribution in [0.5, 0.6) is 0 Å². The van der Waals surface area contributed by atoms with E-state index in [1.807, 2.05) is 0 Å². The van der Waals surface area contributed by atoms with Crippen LogP contribution in [0.3, 0.4) is 0 Å². The first-order chi connectivity index (χ1) is 7.45. The molecule has 92 valence electrons. The lowest BCUT2D eigenvalue weighted by Gasteiger charge is -2.16. The van der Waals surface area contributed by atoms with E-state index in [-0.39, 0.29) is 12.4 Å². The van der Waals surface area contributed by atoms with Gasteiger partial charge in [0.25, 0.3) is 0 Å². The first-order valence-corrected chi connectivity index (χ1v) is 4.64. The Morgan fingerprint density at radius 3 is 2.44 bits per heavy atom. The molecule has 0 saturated carbocycles. The van der Waals surface area contributed by atoms with Gasteiger partial charge in [0.2, 0.25) is 5.82 Å². The van der Waals surface area contributed by atoms with Crippen LogP contribution in [0, 0.1) is 0 Å². The Morgan fingerprint density at radius 2 is 2.00 bits per heavy atom. The third kappa shape index (κ3) is 2.16. The topological polar surface area (TPSA) is 50.9 Å². The Balaban J connectivity index is 3.17. The number of aliphatic hydroxyl groups is 1. The molecule has 0 aliphatic heterocycles. The minimum Gasteiger partial charge on any atom is -0.388 e. The van der Waals surface area contributed by atoms with Crippen LogP contribution < -0.4 is 0 Å². The summed E-state index contributed by atoms with van der Waals surface area (Å²) in [6.07, 6.45) is -3.41. The number of halogens is 4. The van der Waals surface area contributed by atoms with Crippen LogP contribution >= 0.6 is 0 Å². The summed E-state index contributed by atoms with van der Waals surface area (Å²) in [7, 11) is 0. The van der Waals surface area contributed by atoms with Crippen molar-refractivity contribution in [3.63, 3.8) is 0 Å². The van der Waals surface area contributed by atoms with E-state index in [0.717, 1.165) is 4.57 Å². The molecular formula is C8H11F4N3O. The van der Waals surface area contributed by atoms with E-state index >= 15 is 0 Å². The summed E-state index contributed by atoms with van der Waals surface area (Å²) in [6.45, 7) is 1.12. The molecule has 1 aromatic heterocycles. The minimum atomic E-state index is -4.35. The van der Waals surface area contributed by atoms with Crippen molar-refractivity contribution in [1.29, 1.82) is 0 Å². The van der Waals surface area contributed by atoms with E-state index in [9.17, 15) is 17.6 Å². The molecule has 0 aliphatic rings. The molecule has 1 N–H and O–H groups in total. The molecule has 1 rings (SSSR count). The second-order valence-electron chi connectivity index (χ2n) is 3.17. The molecule has 0 atom stereocenters. The van der Waals surface area contributed by atoms with Gasteiger partial charge in [0, 0.05) is 6.54 Å². The lowest BCUT2D eigenvalue weighted by molar-refractivity contribution is -0.143. The zero-order chi connectivity index (χ0) is 12.3. The van der Waals surface area contributed by atoms with Crippen LogP contribution in [0.1, 0.15) is 25.0 Å². The standard InChI is InChI=1S/C8H11F4N3O/c1-2-3-15-5(4-16)13-14-7(15)8(11,12)6(9)10/h6,16H,2-4H2,1H3. The van der Waals surface area contributed by atoms with Crippen molar-refractivity contribution in [1.82, 2.24) is 14.8 Å². The fourth-order valence-electron chi connectivity index (χ4n) is 1.26. The number of hydrogen-bond donors (Lipinski definition) is 1. The molecule has 1 aromatic rings. The number of nitrogens with zero attached hydrogens (tertiary/aromatic N) is 3. The monoisotopic (exact) mass is 241 g/mol. The normalized spacial score (nSPS) is 12.4. The second-order valence-corrected chi connectivity index (χ2v) is 3.17. The van der Waals surface area contributed by atoms with Gasteiger partial charge in [-0.05, 0) is 6.42 Å². The Kier molecular flexibility index (Phi) is 3.84. The van der Waals surface area contributed by atoms with Crippen molar-refractivity contribution in [2.24, 2.45) is 0 Å². The van der Waals surface area contributed by atoms with E-state index in [0.29, 0.717) is 6.42 Å². The molecule has 0 unspecified atom stereocenters. The van der Waals surface area contributed by atoms with Crippen LogP contribution in [0.25, 0.3) is 0 Å². The fraction of sp³-hybridized carbons (Fsp3) is 0.750. The smallest absolute Gasteiger partial charge is 0.365 e. The minimum absolute atomic E-state index is 0.0561. The summed E-state index contributed by atoms with van der Waals surface area (Å²) < 4.78 is 51.2. The van der Waals surface area contributed by atoms with Gasteiger partial charge in [-0.2, -0.15) is 8.78 Å². The van der Waals surface area contributed by atoms with Gasteiger partial charge in [-0.25, -0.2) is 8.78 Å². The van der Waals surface area contributed by atoms with Crippen LogP contribution in [0.2, 0.25) is 0 Å². The Bertz CT molecular complexity index is 353. The molecule has 0 amide bonds. The van der Waals surface area contributed by atoms with Gasteiger partial charge in [-0.1, -0.05) is 6.92 Å². The average Bonchev–Trinajstić information content (AvgIpc) is 2.61. The molecule has 0 fully saturated rings. The molecule has 16 heavy (non-hydrogen) atoms. The van der Waals surface area contributed by atoms with Gasteiger partial charge in [0.05, 0.1) is 0 Å². The Hall–Kier alpha value is -1.18. The summed E-state index contributed by atoms with van der Waals surface area (Å²) in [4.78, 5) is 0. The molecule has 0 aromatic carbocycles.